The first-order valence-electron chi connectivity index (χ1n) is 5.65. The van der Waals surface area contributed by atoms with Crippen molar-refractivity contribution in [3.05, 3.63) is 70.9 Å². The van der Waals surface area contributed by atoms with E-state index in [9.17, 15) is 9.50 Å². The number of rotatable bonds is 2. The summed E-state index contributed by atoms with van der Waals surface area (Å²) in [5, 5.41) is 13.5. The molecule has 0 spiro atoms. The molecule has 1 nitrogen and oxygen atoms in total. The molecule has 0 aliphatic carbocycles. The summed E-state index contributed by atoms with van der Waals surface area (Å²) >= 11 is 1.61. The van der Waals surface area contributed by atoms with Crippen molar-refractivity contribution in [2.45, 2.75) is 6.10 Å². The van der Waals surface area contributed by atoms with Gasteiger partial charge in [-0.15, -0.1) is 11.3 Å². The Morgan fingerprint density at radius 2 is 1.78 bits per heavy atom. The number of thiophene rings is 1. The lowest BCUT2D eigenvalue weighted by atomic mass is 10.0. The highest BCUT2D eigenvalue weighted by Crippen LogP contribution is 2.32. The number of fused-ring (bicyclic) bond motifs is 1. The van der Waals surface area contributed by atoms with Crippen molar-refractivity contribution in [3.8, 4) is 0 Å². The molecule has 0 fully saturated rings. The second-order valence-electron chi connectivity index (χ2n) is 4.14. The Hall–Kier alpha value is -1.71. The Balaban J connectivity index is 2.08. The number of hydrogen-bond acceptors (Lipinski definition) is 2. The summed E-state index contributed by atoms with van der Waals surface area (Å²) in [5.74, 6) is -0.291. The molecule has 0 aliphatic rings. The summed E-state index contributed by atoms with van der Waals surface area (Å²) in [5.41, 5.74) is 1.58. The van der Waals surface area contributed by atoms with Crippen molar-refractivity contribution >= 4 is 21.4 Å². The molecule has 3 heteroatoms. The third kappa shape index (κ3) is 1.92. The molecule has 1 heterocycles. The van der Waals surface area contributed by atoms with Gasteiger partial charge in [-0.25, -0.2) is 4.39 Å². The predicted octanol–water partition coefficient (Wildman–Crippen LogP) is 4.12. The zero-order valence-electron chi connectivity index (χ0n) is 9.51. The van der Waals surface area contributed by atoms with Crippen LogP contribution in [-0.4, -0.2) is 5.11 Å². The molecular weight excluding hydrogens is 247 g/mol. The number of benzene rings is 2. The minimum absolute atomic E-state index is 0.291. The second-order valence-corrected chi connectivity index (χ2v) is 5.06. The largest absolute Gasteiger partial charge is 0.384 e. The summed E-state index contributed by atoms with van der Waals surface area (Å²) in [6.07, 6.45) is -0.715. The van der Waals surface area contributed by atoms with Gasteiger partial charge in [-0.1, -0.05) is 30.3 Å². The van der Waals surface area contributed by atoms with E-state index in [-0.39, 0.29) is 5.82 Å². The molecule has 0 saturated carbocycles. The third-order valence-corrected chi connectivity index (χ3v) is 3.97. The van der Waals surface area contributed by atoms with E-state index < -0.39 is 6.10 Å². The Bertz CT molecular complexity index is 672. The van der Waals surface area contributed by atoms with E-state index in [4.69, 9.17) is 0 Å². The monoisotopic (exact) mass is 258 g/mol. The van der Waals surface area contributed by atoms with E-state index in [1.165, 1.54) is 12.1 Å². The standard InChI is InChI=1S/C15H11FOS/c16-12-6-4-10(5-7-12)14(17)13-3-1-2-11-8-9-18-15(11)13/h1-9,14,17H. The van der Waals surface area contributed by atoms with Crippen molar-refractivity contribution in [3.63, 3.8) is 0 Å². The number of aliphatic hydroxyl groups excluding tert-OH is 1. The molecule has 0 amide bonds. The Labute approximate surface area is 108 Å². The van der Waals surface area contributed by atoms with Crippen LogP contribution in [0.1, 0.15) is 17.2 Å². The van der Waals surface area contributed by atoms with Crippen LogP contribution in [0.5, 0.6) is 0 Å². The van der Waals surface area contributed by atoms with Crippen LogP contribution in [0.25, 0.3) is 10.1 Å². The first-order chi connectivity index (χ1) is 8.75. The van der Waals surface area contributed by atoms with Gasteiger partial charge in [-0.05, 0) is 34.5 Å². The van der Waals surface area contributed by atoms with Crippen LogP contribution >= 0.6 is 11.3 Å². The van der Waals surface area contributed by atoms with E-state index in [0.29, 0.717) is 5.56 Å². The van der Waals surface area contributed by atoms with Crippen molar-refractivity contribution in [2.24, 2.45) is 0 Å². The SMILES string of the molecule is OC(c1ccc(F)cc1)c1cccc2ccsc12. The maximum atomic E-state index is 12.9. The van der Waals surface area contributed by atoms with Crippen LogP contribution in [0, 0.1) is 5.82 Å². The van der Waals surface area contributed by atoms with Crippen molar-refractivity contribution < 1.29 is 9.50 Å². The van der Waals surface area contributed by atoms with Gasteiger partial charge in [-0.3, -0.25) is 0 Å². The fraction of sp³-hybridized carbons (Fsp3) is 0.0667. The molecule has 3 aromatic rings. The van der Waals surface area contributed by atoms with E-state index in [0.717, 1.165) is 15.6 Å². The highest BCUT2D eigenvalue weighted by molar-refractivity contribution is 7.17. The summed E-state index contributed by atoms with van der Waals surface area (Å²) in [6, 6.07) is 13.9. The van der Waals surface area contributed by atoms with Crippen LogP contribution in [0.2, 0.25) is 0 Å². The van der Waals surface area contributed by atoms with Crippen LogP contribution < -0.4 is 0 Å². The van der Waals surface area contributed by atoms with Crippen molar-refractivity contribution in [2.75, 3.05) is 0 Å². The highest BCUT2D eigenvalue weighted by atomic mass is 32.1. The fourth-order valence-electron chi connectivity index (χ4n) is 2.06. The van der Waals surface area contributed by atoms with Crippen molar-refractivity contribution in [1.82, 2.24) is 0 Å². The van der Waals surface area contributed by atoms with Gasteiger partial charge in [0.05, 0.1) is 0 Å². The normalized spacial score (nSPS) is 12.8. The number of halogens is 1. The molecule has 1 atom stereocenters. The van der Waals surface area contributed by atoms with E-state index in [2.05, 4.69) is 0 Å². The summed E-state index contributed by atoms with van der Waals surface area (Å²) in [4.78, 5) is 0. The Kier molecular flexibility index (Phi) is 2.86. The maximum absolute atomic E-state index is 12.9. The average molecular weight is 258 g/mol. The molecule has 90 valence electrons. The Morgan fingerprint density at radius 1 is 1.00 bits per heavy atom. The van der Waals surface area contributed by atoms with E-state index in [1.54, 1.807) is 23.5 Å². The summed E-state index contributed by atoms with van der Waals surface area (Å²) in [7, 11) is 0. The van der Waals surface area contributed by atoms with E-state index >= 15 is 0 Å². The average Bonchev–Trinajstić information content (AvgIpc) is 2.87. The topological polar surface area (TPSA) is 20.2 Å². The third-order valence-electron chi connectivity index (χ3n) is 2.99. The van der Waals surface area contributed by atoms with Crippen LogP contribution in [-0.2, 0) is 0 Å². The highest BCUT2D eigenvalue weighted by Gasteiger charge is 2.14. The molecular formula is C15H11FOS. The molecule has 3 rings (SSSR count). The smallest absolute Gasteiger partial charge is 0.123 e. The minimum Gasteiger partial charge on any atom is -0.384 e. The van der Waals surface area contributed by atoms with Crippen LogP contribution in [0.4, 0.5) is 4.39 Å². The molecule has 0 aliphatic heterocycles. The quantitative estimate of drug-likeness (QED) is 0.733. The molecule has 18 heavy (non-hydrogen) atoms. The number of aliphatic hydroxyl groups is 1. The predicted molar refractivity (Wildman–Crippen MR) is 72.3 cm³/mol. The maximum Gasteiger partial charge on any atom is 0.123 e. The van der Waals surface area contributed by atoms with Crippen LogP contribution in [0.15, 0.2) is 53.9 Å². The summed E-state index contributed by atoms with van der Waals surface area (Å²) < 4.78 is 14.0. The van der Waals surface area contributed by atoms with E-state index in [1.807, 2.05) is 29.6 Å². The van der Waals surface area contributed by atoms with Gasteiger partial charge in [0, 0.05) is 10.3 Å². The lowest BCUT2D eigenvalue weighted by molar-refractivity contribution is 0.222. The van der Waals surface area contributed by atoms with Gasteiger partial charge in [0.15, 0.2) is 0 Å². The van der Waals surface area contributed by atoms with Gasteiger partial charge < -0.3 is 5.11 Å². The Morgan fingerprint density at radius 3 is 2.56 bits per heavy atom. The summed E-state index contributed by atoms with van der Waals surface area (Å²) in [6.45, 7) is 0. The zero-order chi connectivity index (χ0) is 12.5. The molecule has 1 unspecified atom stereocenters. The van der Waals surface area contributed by atoms with Gasteiger partial charge in [0.1, 0.15) is 11.9 Å². The molecule has 2 aromatic carbocycles. The van der Waals surface area contributed by atoms with Gasteiger partial charge in [-0.2, -0.15) is 0 Å². The van der Waals surface area contributed by atoms with Gasteiger partial charge >= 0.3 is 0 Å². The van der Waals surface area contributed by atoms with Crippen LogP contribution in [0.3, 0.4) is 0 Å². The minimum atomic E-state index is -0.715. The fourth-order valence-corrected chi connectivity index (χ4v) is 2.99. The molecule has 0 bridgehead atoms. The first kappa shape index (κ1) is 11.4. The lowest BCUT2D eigenvalue weighted by Gasteiger charge is -2.12. The number of hydrogen-bond donors (Lipinski definition) is 1. The van der Waals surface area contributed by atoms with Gasteiger partial charge in [0.2, 0.25) is 0 Å². The first-order valence-corrected chi connectivity index (χ1v) is 6.53. The molecule has 1 N–H and O–H groups in total. The van der Waals surface area contributed by atoms with Crippen molar-refractivity contribution in [1.29, 1.82) is 0 Å². The second kappa shape index (κ2) is 4.52. The zero-order valence-corrected chi connectivity index (χ0v) is 10.3. The lowest BCUT2D eigenvalue weighted by Crippen LogP contribution is -1.99. The molecule has 0 saturated heterocycles. The molecule has 1 aromatic heterocycles. The molecule has 0 radical (unpaired) electrons. The van der Waals surface area contributed by atoms with Gasteiger partial charge in [0.25, 0.3) is 0 Å².